The van der Waals surface area contributed by atoms with Gasteiger partial charge in [-0.15, -0.1) is 10.2 Å². The average Bonchev–Trinajstić information content (AvgIpc) is 2.98. The van der Waals surface area contributed by atoms with E-state index in [1.165, 1.54) is 29.2 Å². The van der Waals surface area contributed by atoms with Gasteiger partial charge in [-0.05, 0) is 12.5 Å². The molecule has 0 aliphatic heterocycles. The second kappa shape index (κ2) is 9.12. The van der Waals surface area contributed by atoms with Gasteiger partial charge in [0, 0.05) is 17.9 Å². The Morgan fingerprint density at radius 3 is 2.73 bits per heavy atom. The number of nitrogens with one attached hydrogen (secondary N) is 1. The van der Waals surface area contributed by atoms with Crippen LogP contribution in [0.2, 0.25) is 0 Å². The van der Waals surface area contributed by atoms with Gasteiger partial charge in [0.05, 0.1) is 5.75 Å². The summed E-state index contributed by atoms with van der Waals surface area (Å²) in [5.74, 6) is 0.813. The highest BCUT2D eigenvalue weighted by atomic mass is 32.2. The Kier molecular flexibility index (Phi) is 7.14. The monoisotopic (exact) mass is 357 g/mol. The molecule has 4 nitrogen and oxygen atoms in total. The van der Waals surface area contributed by atoms with E-state index in [9.17, 15) is 9.18 Å². The summed E-state index contributed by atoms with van der Waals surface area (Å²) in [4.78, 5) is 11.8. The zero-order valence-corrected chi connectivity index (χ0v) is 14.5. The van der Waals surface area contributed by atoms with Gasteiger partial charge in [0.15, 0.2) is 8.68 Å². The fraction of sp³-hybridized carbons (Fsp3) is 0.357. The van der Waals surface area contributed by atoms with Crippen molar-refractivity contribution in [1.29, 1.82) is 0 Å². The number of halogens is 1. The summed E-state index contributed by atoms with van der Waals surface area (Å²) in [6.07, 6.45) is 1.09. The molecule has 1 aromatic heterocycles. The number of thioether (sulfide) groups is 2. The lowest BCUT2D eigenvalue weighted by Crippen LogP contribution is -2.24. The molecule has 0 saturated carbocycles. The van der Waals surface area contributed by atoms with Crippen LogP contribution in [0.3, 0.4) is 0 Å². The third kappa shape index (κ3) is 5.58. The molecular weight excluding hydrogens is 341 g/mol. The van der Waals surface area contributed by atoms with Gasteiger partial charge in [-0.2, -0.15) is 0 Å². The Labute approximate surface area is 141 Å². The molecule has 0 radical (unpaired) electrons. The van der Waals surface area contributed by atoms with Crippen molar-refractivity contribution in [2.75, 3.05) is 11.5 Å². The van der Waals surface area contributed by atoms with Crippen LogP contribution in [-0.4, -0.2) is 27.6 Å². The summed E-state index contributed by atoms with van der Waals surface area (Å²) in [6.45, 7) is 2.31. The lowest BCUT2D eigenvalue weighted by atomic mass is 10.2. The van der Waals surface area contributed by atoms with Crippen LogP contribution in [-0.2, 0) is 11.3 Å². The smallest absolute Gasteiger partial charge is 0.230 e. The van der Waals surface area contributed by atoms with Gasteiger partial charge in [-0.1, -0.05) is 60.0 Å². The lowest BCUT2D eigenvalue weighted by Gasteiger charge is -2.05. The number of carbonyl (C=O) groups excluding carboxylic acids is 1. The van der Waals surface area contributed by atoms with Crippen LogP contribution in [0.1, 0.15) is 18.9 Å². The number of hydrogen-bond donors (Lipinski definition) is 1. The maximum atomic E-state index is 13.4. The van der Waals surface area contributed by atoms with Crippen LogP contribution >= 0.6 is 34.9 Å². The second-order valence-electron chi connectivity index (χ2n) is 4.34. The van der Waals surface area contributed by atoms with E-state index in [0.717, 1.165) is 20.9 Å². The SMILES string of the molecule is CCCSc1nnc(SCC(=O)NCc2ccccc2F)s1. The molecule has 8 heteroatoms. The first-order chi connectivity index (χ1) is 10.7. The van der Waals surface area contributed by atoms with Crippen molar-refractivity contribution in [3.63, 3.8) is 0 Å². The minimum atomic E-state index is -0.308. The summed E-state index contributed by atoms with van der Waals surface area (Å²) in [5.41, 5.74) is 0.481. The van der Waals surface area contributed by atoms with E-state index >= 15 is 0 Å². The molecule has 1 N–H and O–H groups in total. The predicted octanol–water partition coefficient (Wildman–Crippen LogP) is 3.59. The molecule has 1 amide bonds. The maximum Gasteiger partial charge on any atom is 0.230 e. The topological polar surface area (TPSA) is 54.9 Å². The number of benzene rings is 1. The summed E-state index contributed by atoms with van der Waals surface area (Å²) < 4.78 is 15.1. The van der Waals surface area contributed by atoms with E-state index in [2.05, 4.69) is 22.4 Å². The van der Waals surface area contributed by atoms with Crippen LogP contribution < -0.4 is 5.32 Å². The number of aromatic nitrogens is 2. The fourth-order valence-corrected chi connectivity index (χ4v) is 4.29. The average molecular weight is 358 g/mol. The van der Waals surface area contributed by atoms with E-state index in [4.69, 9.17) is 0 Å². The van der Waals surface area contributed by atoms with E-state index in [-0.39, 0.29) is 24.0 Å². The van der Waals surface area contributed by atoms with E-state index in [1.54, 1.807) is 30.0 Å². The predicted molar refractivity (Wildman–Crippen MR) is 89.9 cm³/mol. The van der Waals surface area contributed by atoms with Crippen LogP contribution in [0.15, 0.2) is 32.9 Å². The summed E-state index contributed by atoms with van der Waals surface area (Å²) >= 11 is 4.52. The standard InChI is InChI=1S/C14H16FN3OS3/c1-2-7-20-13-17-18-14(22-13)21-9-12(19)16-8-10-5-3-4-6-11(10)15/h3-6H,2,7-9H2,1H3,(H,16,19). The Morgan fingerprint density at radius 1 is 1.27 bits per heavy atom. The van der Waals surface area contributed by atoms with Crippen molar-refractivity contribution >= 4 is 40.8 Å². The second-order valence-corrected chi connectivity index (χ2v) is 7.88. The Morgan fingerprint density at radius 2 is 2.00 bits per heavy atom. The zero-order valence-electron chi connectivity index (χ0n) is 12.0. The molecule has 0 atom stereocenters. The molecule has 2 rings (SSSR count). The van der Waals surface area contributed by atoms with E-state index in [0.29, 0.717) is 5.56 Å². The molecule has 2 aromatic rings. The van der Waals surface area contributed by atoms with Crippen molar-refractivity contribution in [2.24, 2.45) is 0 Å². The Balaban J connectivity index is 1.73. The molecule has 1 aromatic carbocycles. The van der Waals surface area contributed by atoms with Crippen molar-refractivity contribution < 1.29 is 9.18 Å². The third-order valence-electron chi connectivity index (χ3n) is 2.58. The molecule has 0 bridgehead atoms. The Hall–Kier alpha value is -1.12. The number of hydrogen-bond acceptors (Lipinski definition) is 6. The van der Waals surface area contributed by atoms with E-state index in [1.807, 2.05) is 0 Å². The number of amides is 1. The summed E-state index contributed by atoms with van der Waals surface area (Å²) in [5, 5.41) is 10.8. The Bertz CT molecular complexity index is 621. The number of nitrogens with zero attached hydrogens (tertiary/aromatic N) is 2. The first-order valence-electron chi connectivity index (χ1n) is 6.78. The van der Waals surface area contributed by atoms with Gasteiger partial charge in [0.25, 0.3) is 0 Å². The normalized spacial score (nSPS) is 10.6. The molecule has 0 aliphatic carbocycles. The van der Waals surface area contributed by atoms with Crippen molar-refractivity contribution in [3.8, 4) is 0 Å². The molecule has 22 heavy (non-hydrogen) atoms. The molecule has 0 spiro atoms. The number of rotatable bonds is 8. The first-order valence-corrected chi connectivity index (χ1v) is 9.57. The minimum absolute atomic E-state index is 0.147. The van der Waals surface area contributed by atoms with Gasteiger partial charge in [0.2, 0.25) is 5.91 Å². The van der Waals surface area contributed by atoms with Crippen molar-refractivity contribution in [1.82, 2.24) is 15.5 Å². The van der Waals surface area contributed by atoms with Crippen LogP contribution in [0.25, 0.3) is 0 Å². The molecule has 1 heterocycles. The van der Waals surface area contributed by atoms with Gasteiger partial charge in [0.1, 0.15) is 5.82 Å². The lowest BCUT2D eigenvalue weighted by molar-refractivity contribution is -0.118. The first kappa shape index (κ1) is 17.2. The molecular formula is C14H16FN3OS3. The fourth-order valence-electron chi connectivity index (χ4n) is 1.52. The molecule has 0 fully saturated rings. The zero-order chi connectivity index (χ0) is 15.8. The van der Waals surface area contributed by atoms with Crippen LogP contribution in [0.4, 0.5) is 4.39 Å². The third-order valence-corrected chi connectivity index (χ3v) is 5.97. The van der Waals surface area contributed by atoms with Crippen LogP contribution in [0, 0.1) is 5.82 Å². The summed E-state index contributed by atoms with van der Waals surface area (Å²) in [7, 11) is 0. The molecule has 0 unspecified atom stereocenters. The van der Waals surface area contributed by atoms with Crippen molar-refractivity contribution in [2.45, 2.75) is 28.6 Å². The van der Waals surface area contributed by atoms with Gasteiger partial charge in [-0.25, -0.2) is 4.39 Å². The molecule has 0 aliphatic rings. The quantitative estimate of drug-likeness (QED) is 0.732. The highest BCUT2D eigenvalue weighted by Crippen LogP contribution is 2.28. The van der Waals surface area contributed by atoms with Gasteiger partial charge in [-0.3, -0.25) is 4.79 Å². The number of carbonyl (C=O) groups is 1. The highest BCUT2D eigenvalue weighted by Gasteiger charge is 2.09. The van der Waals surface area contributed by atoms with E-state index < -0.39 is 0 Å². The van der Waals surface area contributed by atoms with Crippen molar-refractivity contribution in [3.05, 3.63) is 35.6 Å². The molecule has 0 saturated heterocycles. The highest BCUT2D eigenvalue weighted by molar-refractivity contribution is 8.03. The van der Waals surface area contributed by atoms with Crippen LogP contribution in [0.5, 0.6) is 0 Å². The van der Waals surface area contributed by atoms with Gasteiger partial charge < -0.3 is 5.32 Å². The minimum Gasteiger partial charge on any atom is -0.351 e. The maximum absolute atomic E-state index is 13.4. The van der Waals surface area contributed by atoms with Gasteiger partial charge >= 0.3 is 0 Å². The molecule has 118 valence electrons. The largest absolute Gasteiger partial charge is 0.351 e. The summed E-state index contributed by atoms with van der Waals surface area (Å²) in [6, 6.07) is 6.41.